The monoisotopic (exact) mass is 301 g/mol. The summed E-state index contributed by atoms with van der Waals surface area (Å²) in [6, 6.07) is 7.50. The fourth-order valence-electron chi connectivity index (χ4n) is 1.29. The second-order valence-electron chi connectivity index (χ2n) is 2.88. The van der Waals surface area contributed by atoms with Crippen LogP contribution in [0.4, 0.5) is 0 Å². The number of hydrogen-bond acceptors (Lipinski definition) is 2. The number of alkyl halides is 3. The van der Waals surface area contributed by atoms with Gasteiger partial charge in [0.15, 0.2) is 0 Å². The molecule has 0 bridgehead atoms. The first-order valence-corrected chi connectivity index (χ1v) is 7.02. The zero-order chi connectivity index (χ0) is 11.1. The molecule has 1 aliphatic heterocycles. The molecule has 0 spiro atoms. The van der Waals surface area contributed by atoms with E-state index in [4.69, 9.17) is 34.8 Å². The van der Waals surface area contributed by atoms with Crippen molar-refractivity contribution in [3.05, 3.63) is 29.8 Å². The molecule has 15 heavy (non-hydrogen) atoms. The molecular weight excluding hydrogens is 297 g/mol. The Hall–Kier alpha value is 0.550. The Morgan fingerprint density at radius 1 is 1.33 bits per heavy atom. The van der Waals surface area contributed by atoms with Gasteiger partial charge >= 0.3 is 0 Å². The molecule has 0 fully saturated rings. The van der Waals surface area contributed by atoms with Gasteiger partial charge in [0.05, 0.1) is 4.90 Å². The quantitative estimate of drug-likeness (QED) is 0.584. The Morgan fingerprint density at radius 2 is 2.00 bits per heavy atom. The highest BCUT2D eigenvalue weighted by atomic mass is 35.6. The van der Waals surface area contributed by atoms with Gasteiger partial charge in [-0.2, -0.15) is 3.71 Å². The van der Waals surface area contributed by atoms with E-state index in [2.05, 4.69) is 0 Å². The van der Waals surface area contributed by atoms with Crippen molar-refractivity contribution < 1.29 is 4.21 Å². The van der Waals surface area contributed by atoms with Gasteiger partial charge in [0.25, 0.3) is 3.12 Å². The second kappa shape index (κ2) is 4.43. The molecule has 0 radical (unpaired) electrons. The van der Waals surface area contributed by atoms with Crippen LogP contribution in [-0.4, -0.2) is 11.0 Å². The minimum absolute atomic E-state index is 0.529. The highest BCUT2D eigenvalue weighted by Gasteiger charge is 2.34. The molecular formula is C8H6Cl3NOS2. The number of rotatable bonds is 1. The van der Waals surface area contributed by atoms with Crippen molar-refractivity contribution in [3.63, 3.8) is 0 Å². The molecule has 7 heteroatoms. The first-order valence-electron chi connectivity index (χ1n) is 4.00. The Kier molecular flexibility index (Phi) is 3.55. The second-order valence-corrected chi connectivity index (χ2v) is 8.68. The van der Waals surface area contributed by atoms with Crippen molar-refractivity contribution in [1.29, 1.82) is 0 Å². The molecule has 0 aromatic heterocycles. The average molecular weight is 303 g/mol. The van der Waals surface area contributed by atoms with Crippen molar-refractivity contribution >= 4 is 57.7 Å². The predicted molar refractivity (Wildman–Crippen MR) is 66.3 cm³/mol. The maximum Gasteiger partial charge on any atom is 0.252 e. The van der Waals surface area contributed by atoms with Gasteiger partial charge in [-0.15, -0.1) is 0 Å². The minimum atomic E-state index is -1.47. The van der Waals surface area contributed by atoms with Crippen LogP contribution in [0, 0.1) is 0 Å². The molecule has 0 saturated carbocycles. The lowest BCUT2D eigenvalue weighted by atomic mass is 10.2. The summed E-state index contributed by atoms with van der Waals surface area (Å²) >= 11 is 17.9. The highest BCUT2D eigenvalue weighted by Crippen LogP contribution is 2.45. The van der Waals surface area contributed by atoms with Crippen molar-refractivity contribution in [2.24, 2.45) is 0 Å². The van der Waals surface area contributed by atoms with Crippen LogP contribution in [0.15, 0.2) is 29.2 Å². The number of halogens is 3. The molecule has 1 aromatic rings. The Balaban J connectivity index is 2.21. The number of hydrogen-bond donors (Lipinski definition) is 0. The van der Waals surface area contributed by atoms with Gasteiger partial charge in [-0.1, -0.05) is 53.0 Å². The van der Waals surface area contributed by atoms with Gasteiger partial charge in [-0.25, -0.2) is 4.21 Å². The molecule has 0 amide bonds. The van der Waals surface area contributed by atoms with Gasteiger partial charge < -0.3 is 0 Å². The van der Waals surface area contributed by atoms with Crippen molar-refractivity contribution in [2.75, 3.05) is 0 Å². The molecule has 1 aromatic carbocycles. The van der Waals surface area contributed by atoms with Crippen molar-refractivity contribution in [1.82, 2.24) is 3.71 Å². The molecule has 2 rings (SSSR count). The maximum atomic E-state index is 11.9. The largest absolute Gasteiger partial charge is 0.252 e. The van der Waals surface area contributed by atoms with Gasteiger partial charge in [0.2, 0.25) is 0 Å². The van der Waals surface area contributed by atoms with E-state index in [9.17, 15) is 4.21 Å². The van der Waals surface area contributed by atoms with Crippen LogP contribution in [0.3, 0.4) is 0 Å². The first kappa shape index (κ1) is 12.0. The van der Waals surface area contributed by atoms with Gasteiger partial charge in [0.1, 0.15) is 11.0 Å². The van der Waals surface area contributed by atoms with Crippen molar-refractivity contribution in [3.8, 4) is 0 Å². The Bertz CT molecular complexity index is 407. The van der Waals surface area contributed by atoms with E-state index in [1.54, 1.807) is 3.71 Å². The molecule has 0 N–H and O–H groups in total. The van der Waals surface area contributed by atoms with Crippen LogP contribution in [0.25, 0.3) is 0 Å². The summed E-state index contributed by atoms with van der Waals surface area (Å²) in [5, 5.41) is 0. The van der Waals surface area contributed by atoms with E-state index < -0.39 is 14.1 Å². The lowest BCUT2D eigenvalue weighted by Gasteiger charge is -2.17. The fourth-order valence-corrected chi connectivity index (χ4v) is 4.72. The summed E-state index contributed by atoms with van der Waals surface area (Å²) in [6.45, 7) is 0.529. The van der Waals surface area contributed by atoms with Crippen LogP contribution in [0.1, 0.15) is 5.56 Å². The van der Waals surface area contributed by atoms with Gasteiger partial charge in [0, 0.05) is 6.54 Å². The molecule has 82 valence electrons. The molecule has 1 heterocycles. The Labute approximate surface area is 110 Å². The summed E-state index contributed by atoms with van der Waals surface area (Å²) in [7, 11) is -1.24. The fraction of sp³-hybridized carbons (Fsp3) is 0.250. The van der Waals surface area contributed by atoms with Crippen molar-refractivity contribution in [2.45, 2.75) is 14.6 Å². The zero-order valence-corrected chi connectivity index (χ0v) is 11.2. The molecule has 2 nitrogen and oxygen atoms in total. The molecule has 1 atom stereocenters. The lowest BCUT2D eigenvalue weighted by Crippen LogP contribution is -2.15. The van der Waals surface area contributed by atoms with E-state index in [1.165, 1.54) is 0 Å². The van der Waals surface area contributed by atoms with Crippen LogP contribution in [-0.2, 0) is 17.5 Å². The summed E-state index contributed by atoms with van der Waals surface area (Å²) in [4.78, 5) is 0.791. The third-order valence-electron chi connectivity index (χ3n) is 1.85. The average Bonchev–Trinajstić information content (AvgIpc) is 2.42. The third-order valence-corrected chi connectivity index (χ3v) is 4.91. The van der Waals surface area contributed by atoms with E-state index in [0.717, 1.165) is 22.4 Å². The predicted octanol–water partition coefficient (Wildman–Crippen LogP) is 3.50. The van der Waals surface area contributed by atoms with Crippen LogP contribution < -0.4 is 0 Å². The van der Waals surface area contributed by atoms with E-state index in [-0.39, 0.29) is 0 Å². The van der Waals surface area contributed by atoms with E-state index in [0.29, 0.717) is 6.54 Å². The lowest BCUT2D eigenvalue weighted by molar-refractivity contribution is 0.645. The molecule has 1 aliphatic rings. The van der Waals surface area contributed by atoms with Gasteiger partial charge in [-0.3, -0.25) is 0 Å². The number of fused-ring (bicyclic) bond motifs is 1. The topological polar surface area (TPSA) is 20.3 Å². The van der Waals surface area contributed by atoms with Crippen LogP contribution >= 0.6 is 46.8 Å². The minimum Gasteiger partial charge on any atom is -0.236 e. The number of nitrogens with zero attached hydrogens (tertiary/aromatic N) is 1. The summed E-state index contributed by atoms with van der Waals surface area (Å²) in [5.41, 5.74) is 1.01. The Morgan fingerprint density at radius 3 is 2.60 bits per heavy atom. The zero-order valence-electron chi connectivity index (χ0n) is 7.32. The standard InChI is InChI=1S/C8H6Cl3NOS2/c9-8(10,11)14-12-5-6-3-1-2-4-7(6)15(12)13/h1-4H,5H2. The third kappa shape index (κ3) is 2.81. The smallest absolute Gasteiger partial charge is 0.236 e. The molecule has 0 saturated heterocycles. The normalized spacial score (nSPS) is 21.7. The van der Waals surface area contributed by atoms with E-state index in [1.807, 2.05) is 24.3 Å². The highest BCUT2D eigenvalue weighted by molar-refractivity contribution is 8.10. The van der Waals surface area contributed by atoms with Gasteiger partial charge in [-0.05, 0) is 23.6 Å². The molecule has 1 unspecified atom stereocenters. The summed E-state index contributed by atoms with van der Waals surface area (Å²) < 4.78 is 12.0. The summed E-state index contributed by atoms with van der Waals surface area (Å²) in [6.07, 6.45) is 0. The SMILES string of the molecule is O=S1c2ccccc2CN1SC(Cl)(Cl)Cl. The molecule has 0 aliphatic carbocycles. The first-order chi connectivity index (χ1) is 6.97. The van der Waals surface area contributed by atoms with E-state index >= 15 is 0 Å². The summed E-state index contributed by atoms with van der Waals surface area (Å²) in [5.74, 6) is 0. The van der Waals surface area contributed by atoms with Crippen LogP contribution in [0.2, 0.25) is 0 Å². The van der Waals surface area contributed by atoms with Crippen LogP contribution in [0.5, 0.6) is 0 Å². The maximum absolute atomic E-state index is 11.9. The number of benzene rings is 1.